The number of nitro groups is 1. The van der Waals surface area contributed by atoms with Crippen LogP contribution in [0.25, 0.3) is 0 Å². The molecule has 9 nitrogen and oxygen atoms in total. The van der Waals surface area contributed by atoms with Crippen LogP contribution < -0.4 is 10.1 Å². The first kappa shape index (κ1) is 19.1. The van der Waals surface area contributed by atoms with Gasteiger partial charge in [0.1, 0.15) is 18.0 Å². The van der Waals surface area contributed by atoms with Crippen molar-refractivity contribution in [2.75, 3.05) is 18.5 Å². The lowest BCUT2D eigenvalue weighted by molar-refractivity contribution is -0.383. The number of anilines is 2. The molecule has 0 aliphatic rings. The standard InChI is InChI=1S/C19H18N4O5/c1-22-9-8-20-19(22)18(25)13-2-7-16(17(12-13)23(26)27)21-14-3-5-15(6-4-14)28-11-10-24/h2-9,12,21,24H,10-11H2,1H3. The Labute approximate surface area is 160 Å². The van der Waals surface area contributed by atoms with E-state index in [1.807, 2.05) is 0 Å². The van der Waals surface area contributed by atoms with Crippen LogP contribution in [0, 0.1) is 10.1 Å². The quantitative estimate of drug-likeness (QED) is 0.349. The van der Waals surface area contributed by atoms with Crippen molar-refractivity contribution >= 4 is 22.8 Å². The molecule has 144 valence electrons. The number of rotatable bonds is 8. The van der Waals surface area contributed by atoms with Crippen LogP contribution >= 0.6 is 0 Å². The van der Waals surface area contributed by atoms with Crippen molar-refractivity contribution in [2.24, 2.45) is 7.05 Å². The predicted octanol–water partition coefficient (Wildman–Crippen LogP) is 2.67. The highest BCUT2D eigenvalue weighted by Crippen LogP contribution is 2.30. The first-order chi connectivity index (χ1) is 13.5. The van der Waals surface area contributed by atoms with Crippen molar-refractivity contribution < 1.29 is 19.6 Å². The minimum atomic E-state index is -0.545. The Morgan fingerprint density at radius 2 is 2.04 bits per heavy atom. The molecule has 0 saturated heterocycles. The number of aryl methyl sites for hydroxylation is 1. The lowest BCUT2D eigenvalue weighted by atomic mass is 10.1. The zero-order chi connectivity index (χ0) is 20.1. The van der Waals surface area contributed by atoms with Gasteiger partial charge in [-0.2, -0.15) is 0 Å². The molecule has 0 amide bonds. The molecular formula is C19H18N4O5. The molecule has 0 aliphatic heterocycles. The van der Waals surface area contributed by atoms with E-state index in [9.17, 15) is 14.9 Å². The summed E-state index contributed by atoms with van der Waals surface area (Å²) in [5.41, 5.74) is 0.827. The topological polar surface area (TPSA) is 120 Å². The van der Waals surface area contributed by atoms with E-state index in [0.717, 1.165) is 0 Å². The van der Waals surface area contributed by atoms with Gasteiger partial charge >= 0.3 is 0 Å². The summed E-state index contributed by atoms with van der Waals surface area (Å²) in [7, 11) is 1.68. The van der Waals surface area contributed by atoms with Crippen molar-refractivity contribution in [3.05, 3.63) is 76.4 Å². The van der Waals surface area contributed by atoms with Crippen LogP contribution in [-0.2, 0) is 7.05 Å². The highest BCUT2D eigenvalue weighted by Gasteiger charge is 2.20. The van der Waals surface area contributed by atoms with E-state index in [0.29, 0.717) is 11.4 Å². The summed E-state index contributed by atoms with van der Waals surface area (Å²) in [5, 5.41) is 23.2. The fraction of sp³-hybridized carbons (Fsp3) is 0.158. The number of hydrogen-bond acceptors (Lipinski definition) is 7. The van der Waals surface area contributed by atoms with Crippen molar-refractivity contribution in [2.45, 2.75) is 0 Å². The van der Waals surface area contributed by atoms with E-state index >= 15 is 0 Å². The maximum Gasteiger partial charge on any atom is 0.293 e. The average molecular weight is 382 g/mol. The minimum Gasteiger partial charge on any atom is -0.491 e. The lowest BCUT2D eigenvalue weighted by Crippen LogP contribution is -2.09. The smallest absolute Gasteiger partial charge is 0.293 e. The zero-order valence-corrected chi connectivity index (χ0v) is 15.0. The highest BCUT2D eigenvalue weighted by atomic mass is 16.6. The number of carbonyl (C=O) groups is 1. The van der Waals surface area contributed by atoms with Crippen molar-refractivity contribution in [3.63, 3.8) is 0 Å². The number of imidazole rings is 1. The van der Waals surface area contributed by atoms with Crippen LogP contribution in [0.1, 0.15) is 16.2 Å². The van der Waals surface area contributed by atoms with Gasteiger partial charge in [0.2, 0.25) is 5.78 Å². The van der Waals surface area contributed by atoms with Crippen molar-refractivity contribution in [3.8, 4) is 5.75 Å². The molecule has 0 atom stereocenters. The van der Waals surface area contributed by atoms with Crippen LogP contribution in [0.3, 0.4) is 0 Å². The third-order valence-corrected chi connectivity index (χ3v) is 3.97. The lowest BCUT2D eigenvalue weighted by Gasteiger charge is -2.10. The van der Waals surface area contributed by atoms with Crippen LogP contribution in [0.15, 0.2) is 54.9 Å². The normalized spacial score (nSPS) is 10.5. The Morgan fingerprint density at radius 3 is 2.64 bits per heavy atom. The van der Waals surface area contributed by atoms with Gasteiger partial charge in [-0.05, 0) is 36.4 Å². The maximum atomic E-state index is 12.5. The molecule has 0 spiro atoms. The number of hydrogen-bond donors (Lipinski definition) is 2. The van der Waals surface area contributed by atoms with E-state index in [-0.39, 0.29) is 36.0 Å². The second-order valence-electron chi connectivity index (χ2n) is 5.90. The van der Waals surface area contributed by atoms with Crippen LogP contribution in [0.4, 0.5) is 17.1 Å². The fourth-order valence-corrected chi connectivity index (χ4v) is 2.60. The van der Waals surface area contributed by atoms with E-state index in [1.165, 1.54) is 24.4 Å². The number of ether oxygens (including phenoxy) is 1. The first-order valence-corrected chi connectivity index (χ1v) is 8.41. The third kappa shape index (κ3) is 4.15. The Bertz CT molecular complexity index is 998. The molecule has 3 aromatic rings. The summed E-state index contributed by atoms with van der Waals surface area (Å²) in [4.78, 5) is 27.5. The number of aromatic nitrogens is 2. The molecule has 0 saturated carbocycles. The predicted molar refractivity (Wildman–Crippen MR) is 102 cm³/mol. The maximum absolute atomic E-state index is 12.5. The molecule has 1 heterocycles. The van der Waals surface area contributed by atoms with Gasteiger partial charge in [-0.1, -0.05) is 0 Å². The number of ketones is 1. The van der Waals surface area contributed by atoms with Gasteiger partial charge in [-0.15, -0.1) is 0 Å². The van der Waals surface area contributed by atoms with E-state index in [1.54, 1.807) is 42.1 Å². The number of carbonyl (C=O) groups excluding carboxylic acids is 1. The number of nitro benzene ring substituents is 1. The molecule has 0 fully saturated rings. The first-order valence-electron chi connectivity index (χ1n) is 8.41. The number of nitrogens with zero attached hydrogens (tertiary/aromatic N) is 3. The molecule has 2 aromatic carbocycles. The Morgan fingerprint density at radius 1 is 1.29 bits per heavy atom. The number of nitrogens with one attached hydrogen (secondary N) is 1. The molecule has 0 aliphatic carbocycles. The Balaban J connectivity index is 1.84. The van der Waals surface area contributed by atoms with Gasteiger partial charge in [-0.3, -0.25) is 14.9 Å². The monoisotopic (exact) mass is 382 g/mol. The summed E-state index contributed by atoms with van der Waals surface area (Å²) < 4.78 is 6.83. The average Bonchev–Trinajstić information content (AvgIpc) is 3.13. The molecule has 2 N–H and O–H groups in total. The molecule has 0 radical (unpaired) electrons. The molecular weight excluding hydrogens is 364 g/mol. The summed E-state index contributed by atoms with van der Waals surface area (Å²) in [5.74, 6) is 0.381. The number of aliphatic hydroxyl groups is 1. The van der Waals surface area contributed by atoms with Crippen molar-refractivity contribution in [1.29, 1.82) is 0 Å². The largest absolute Gasteiger partial charge is 0.491 e. The van der Waals surface area contributed by atoms with Crippen LogP contribution in [0.2, 0.25) is 0 Å². The summed E-state index contributed by atoms with van der Waals surface area (Å²) in [6.45, 7) is 0.0965. The molecule has 1 aromatic heterocycles. The third-order valence-electron chi connectivity index (χ3n) is 3.97. The van der Waals surface area contributed by atoms with Crippen molar-refractivity contribution in [1.82, 2.24) is 9.55 Å². The van der Waals surface area contributed by atoms with Gasteiger partial charge in [0, 0.05) is 36.8 Å². The minimum absolute atomic E-state index is 0.0878. The second kappa shape index (κ2) is 8.31. The SMILES string of the molecule is Cn1ccnc1C(=O)c1ccc(Nc2ccc(OCCO)cc2)c([N+](=O)[O-])c1. The van der Waals surface area contributed by atoms with Gasteiger partial charge in [-0.25, -0.2) is 4.98 Å². The number of benzene rings is 2. The fourth-order valence-electron chi connectivity index (χ4n) is 2.60. The Kier molecular flexibility index (Phi) is 5.66. The molecule has 0 unspecified atom stereocenters. The number of aliphatic hydroxyl groups excluding tert-OH is 1. The summed E-state index contributed by atoms with van der Waals surface area (Å²) in [6.07, 6.45) is 3.12. The Hall–Kier alpha value is -3.72. The van der Waals surface area contributed by atoms with Gasteiger partial charge < -0.3 is 19.7 Å². The summed E-state index contributed by atoms with van der Waals surface area (Å²) >= 11 is 0. The van der Waals surface area contributed by atoms with E-state index in [4.69, 9.17) is 9.84 Å². The van der Waals surface area contributed by atoms with Gasteiger partial charge in [0.25, 0.3) is 5.69 Å². The van der Waals surface area contributed by atoms with Gasteiger partial charge in [0.15, 0.2) is 5.82 Å². The van der Waals surface area contributed by atoms with Crippen LogP contribution in [-0.4, -0.2) is 38.6 Å². The molecule has 3 rings (SSSR count). The highest BCUT2D eigenvalue weighted by molar-refractivity contribution is 6.07. The van der Waals surface area contributed by atoms with E-state index < -0.39 is 10.7 Å². The zero-order valence-electron chi connectivity index (χ0n) is 15.0. The van der Waals surface area contributed by atoms with E-state index in [2.05, 4.69) is 10.3 Å². The molecule has 9 heteroatoms. The molecule has 28 heavy (non-hydrogen) atoms. The summed E-state index contributed by atoms with van der Waals surface area (Å²) in [6, 6.07) is 11.0. The van der Waals surface area contributed by atoms with Crippen LogP contribution in [0.5, 0.6) is 5.75 Å². The molecule has 0 bridgehead atoms. The van der Waals surface area contributed by atoms with Gasteiger partial charge in [0.05, 0.1) is 11.5 Å². The second-order valence-corrected chi connectivity index (χ2v) is 5.90.